The second-order valence-corrected chi connectivity index (χ2v) is 8.78. The van der Waals surface area contributed by atoms with Crippen molar-refractivity contribution in [2.75, 3.05) is 68.0 Å². The van der Waals surface area contributed by atoms with Crippen LogP contribution >= 0.6 is 0 Å². The molecule has 2 fully saturated rings. The van der Waals surface area contributed by atoms with Crippen LogP contribution in [0.2, 0.25) is 0 Å². The topological polar surface area (TPSA) is 21.8 Å². The van der Waals surface area contributed by atoms with Crippen LogP contribution in [0.3, 0.4) is 0 Å². The predicted molar refractivity (Wildman–Crippen MR) is 137 cm³/mol. The van der Waals surface area contributed by atoms with Gasteiger partial charge in [0.05, 0.1) is 0 Å². The van der Waals surface area contributed by atoms with Crippen molar-refractivity contribution >= 4 is 17.1 Å². The molecule has 2 aromatic rings. The fraction of sp³-hybridized carbons (Fsp3) is 0.556. The summed E-state index contributed by atoms with van der Waals surface area (Å²) in [5.74, 6) is 0.847. The molecule has 2 heterocycles. The number of benzene rings is 2. The number of hydrogen-bond acceptors (Lipinski definition) is 4. The van der Waals surface area contributed by atoms with Crippen LogP contribution in [0.4, 0.5) is 17.1 Å². The van der Waals surface area contributed by atoms with Crippen LogP contribution in [-0.2, 0) is 0 Å². The Morgan fingerprint density at radius 2 is 1.32 bits per heavy atom. The second-order valence-electron chi connectivity index (χ2n) is 8.78. The van der Waals surface area contributed by atoms with Gasteiger partial charge in [-0.3, -0.25) is 4.90 Å². The minimum atomic E-state index is 0.847. The molecule has 170 valence electrons. The molecule has 4 rings (SSSR count). The molecule has 0 aromatic heterocycles. The van der Waals surface area contributed by atoms with Gasteiger partial charge < -0.3 is 15.1 Å². The van der Waals surface area contributed by atoms with E-state index in [1.165, 1.54) is 73.8 Å². The number of aryl methyl sites for hydroxylation is 2. The molecule has 1 N–H and O–H groups in total. The lowest BCUT2D eigenvalue weighted by atomic mass is 9.95. The summed E-state index contributed by atoms with van der Waals surface area (Å²) in [7, 11) is 1.97. The van der Waals surface area contributed by atoms with Crippen molar-refractivity contribution in [3.63, 3.8) is 0 Å². The smallest absolute Gasteiger partial charge is 0.0369 e. The van der Waals surface area contributed by atoms with Gasteiger partial charge >= 0.3 is 0 Å². The van der Waals surface area contributed by atoms with Gasteiger partial charge in [0.1, 0.15) is 0 Å². The third-order valence-corrected chi connectivity index (χ3v) is 6.88. The molecule has 2 saturated heterocycles. The van der Waals surface area contributed by atoms with Crippen LogP contribution in [0, 0.1) is 19.8 Å². The van der Waals surface area contributed by atoms with E-state index in [1.807, 2.05) is 20.9 Å². The molecular weight excluding hydrogens is 380 g/mol. The molecule has 31 heavy (non-hydrogen) atoms. The van der Waals surface area contributed by atoms with Gasteiger partial charge in [-0.15, -0.1) is 0 Å². The van der Waals surface area contributed by atoms with Crippen molar-refractivity contribution in [2.24, 2.45) is 5.92 Å². The molecule has 0 saturated carbocycles. The first-order chi connectivity index (χ1) is 15.1. The van der Waals surface area contributed by atoms with Crippen molar-refractivity contribution < 1.29 is 0 Å². The molecule has 0 bridgehead atoms. The van der Waals surface area contributed by atoms with E-state index >= 15 is 0 Å². The minimum absolute atomic E-state index is 0.847. The Morgan fingerprint density at radius 1 is 0.742 bits per heavy atom. The summed E-state index contributed by atoms with van der Waals surface area (Å²) in [5.41, 5.74) is 6.73. The SMILES string of the molecule is CC.CNc1ccc(N2CCN(CC3CCN(c4ccc(C)c(C)c4)CC3)CC2)cc1. The van der Waals surface area contributed by atoms with Crippen LogP contribution in [0.1, 0.15) is 37.8 Å². The van der Waals surface area contributed by atoms with E-state index in [1.54, 1.807) is 0 Å². The fourth-order valence-corrected chi connectivity index (χ4v) is 4.69. The van der Waals surface area contributed by atoms with Crippen molar-refractivity contribution in [1.29, 1.82) is 0 Å². The highest BCUT2D eigenvalue weighted by molar-refractivity contribution is 5.55. The van der Waals surface area contributed by atoms with Crippen LogP contribution in [0.5, 0.6) is 0 Å². The van der Waals surface area contributed by atoms with Gasteiger partial charge in [-0.25, -0.2) is 0 Å². The molecule has 4 heteroatoms. The third kappa shape index (κ3) is 6.16. The van der Waals surface area contributed by atoms with Crippen molar-refractivity contribution in [3.8, 4) is 0 Å². The molecule has 0 unspecified atom stereocenters. The van der Waals surface area contributed by atoms with Crippen LogP contribution in [0.15, 0.2) is 42.5 Å². The molecule has 2 aliphatic rings. The number of nitrogens with one attached hydrogen (secondary N) is 1. The average molecular weight is 423 g/mol. The molecular formula is C27H42N4. The molecule has 2 aromatic carbocycles. The van der Waals surface area contributed by atoms with E-state index in [4.69, 9.17) is 0 Å². The monoisotopic (exact) mass is 422 g/mol. The number of anilines is 3. The standard InChI is InChI=1S/C25H36N4.C2H6/c1-20-4-7-25(18-21(20)2)28-12-10-22(11-13-28)19-27-14-16-29(17-15-27)24-8-5-23(26-3)6-9-24;1-2/h4-9,18,22,26H,10-17,19H2,1-3H3;1-2H3. The van der Waals surface area contributed by atoms with Crippen molar-refractivity contribution in [2.45, 2.75) is 40.5 Å². The van der Waals surface area contributed by atoms with Crippen LogP contribution < -0.4 is 15.1 Å². The lowest BCUT2D eigenvalue weighted by molar-refractivity contribution is 0.201. The number of piperidine rings is 1. The van der Waals surface area contributed by atoms with Gasteiger partial charge in [-0.1, -0.05) is 19.9 Å². The van der Waals surface area contributed by atoms with E-state index in [0.29, 0.717) is 0 Å². The zero-order valence-corrected chi connectivity index (χ0v) is 20.3. The Bertz CT molecular complexity index is 785. The summed E-state index contributed by atoms with van der Waals surface area (Å²) >= 11 is 0. The third-order valence-electron chi connectivity index (χ3n) is 6.88. The summed E-state index contributed by atoms with van der Waals surface area (Å²) in [5, 5.41) is 3.20. The Labute approximate surface area is 190 Å². The maximum atomic E-state index is 3.20. The highest BCUT2D eigenvalue weighted by Crippen LogP contribution is 2.26. The first kappa shape index (κ1) is 23.5. The largest absolute Gasteiger partial charge is 0.388 e. The first-order valence-electron chi connectivity index (χ1n) is 12.2. The van der Waals surface area contributed by atoms with Crippen molar-refractivity contribution in [1.82, 2.24) is 4.90 Å². The number of nitrogens with zero attached hydrogens (tertiary/aromatic N) is 3. The summed E-state index contributed by atoms with van der Waals surface area (Å²) in [6, 6.07) is 15.7. The molecule has 0 amide bonds. The molecule has 0 spiro atoms. The van der Waals surface area contributed by atoms with Gasteiger partial charge in [0.25, 0.3) is 0 Å². The van der Waals surface area contributed by atoms with Gasteiger partial charge in [0, 0.05) is 69.9 Å². The number of hydrogen-bond donors (Lipinski definition) is 1. The van der Waals surface area contributed by atoms with Gasteiger partial charge in [0.2, 0.25) is 0 Å². The molecule has 2 aliphatic heterocycles. The minimum Gasteiger partial charge on any atom is -0.388 e. The van der Waals surface area contributed by atoms with E-state index in [2.05, 4.69) is 76.3 Å². The van der Waals surface area contributed by atoms with Crippen LogP contribution in [-0.4, -0.2) is 57.8 Å². The van der Waals surface area contributed by atoms with E-state index in [-0.39, 0.29) is 0 Å². The quantitative estimate of drug-likeness (QED) is 0.695. The summed E-state index contributed by atoms with van der Waals surface area (Å²) in [4.78, 5) is 7.79. The Hall–Kier alpha value is -2.20. The molecule has 0 aliphatic carbocycles. The summed E-state index contributed by atoms with van der Waals surface area (Å²) in [6.07, 6.45) is 2.64. The van der Waals surface area contributed by atoms with E-state index in [9.17, 15) is 0 Å². The Morgan fingerprint density at radius 3 is 1.90 bits per heavy atom. The number of piperazine rings is 1. The Kier molecular flexibility index (Phi) is 8.65. The Balaban J connectivity index is 0.00000132. The zero-order chi connectivity index (χ0) is 22.2. The lowest BCUT2D eigenvalue weighted by Gasteiger charge is -2.40. The highest BCUT2D eigenvalue weighted by atomic mass is 15.3. The van der Waals surface area contributed by atoms with E-state index < -0.39 is 0 Å². The first-order valence-corrected chi connectivity index (χ1v) is 12.2. The lowest BCUT2D eigenvalue weighted by Crippen LogP contribution is -2.49. The van der Waals surface area contributed by atoms with Gasteiger partial charge in [0.15, 0.2) is 0 Å². The fourth-order valence-electron chi connectivity index (χ4n) is 4.69. The van der Waals surface area contributed by atoms with Gasteiger partial charge in [-0.05, 0) is 80.1 Å². The average Bonchev–Trinajstić information content (AvgIpc) is 2.83. The van der Waals surface area contributed by atoms with Crippen LogP contribution in [0.25, 0.3) is 0 Å². The normalized spacial score (nSPS) is 17.8. The summed E-state index contributed by atoms with van der Waals surface area (Å²) < 4.78 is 0. The molecule has 0 radical (unpaired) electrons. The maximum absolute atomic E-state index is 3.20. The molecule has 0 atom stereocenters. The van der Waals surface area contributed by atoms with Gasteiger partial charge in [-0.2, -0.15) is 0 Å². The summed E-state index contributed by atoms with van der Waals surface area (Å²) in [6.45, 7) is 16.7. The second kappa shape index (κ2) is 11.4. The number of rotatable bonds is 5. The predicted octanol–water partition coefficient (Wildman–Crippen LogP) is 5.41. The zero-order valence-electron chi connectivity index (χ0n) is 20.3. The van der Waals surface area contributed by atoms with E-state index in [0.717, 1.165) is 19.0 Å². The molecule has 4 nitrogen and oxygen atoms in total. The maximum Gasteiger partial charge on any atom is 0.0369 e. The van der Waals surface area contributed by atoms with Crippen molar-refractivity contribution in [3.05, 3.63) is 53.6 Å². The highest BCUT2D eigenvalue weighted by Gasteiger charge is 2.24.